The minimum Gasteiger partial charge on any atom is -0.454 e. The molecule has 0 aromatic carbocycles. The van der Waals surface area contributed by atoms with E-state index in [0.717, 1.165) is 9.53 Å². The number of hydrogen-bond acceptors (Lipinski definition) is 3. The molecule has 2 N–H and O–H groups in total. The lowest BCUT2D eigenvalue weighted by molar-refractivity contribution is -0.00604. The summed E-state index contributed by atoms with van der Waals surface area (Å²) >= 11 is 2.13. The van der Waals surface area contributed by atoms with Gasteiger partial charge in [-0.15, -0.1) is 0 Å². The van der Waals surface area contributed by atoms with E-state index in [-0.39, 0.29) is 5.54 Å². The van der Waals surface area contributed by atoms with Gasteiger partial charge < -0.3 is 14.8 Å². The molecule has 1 aromatic heterocycles. The third-order valence-electron chi connectivity index (χ3n) is 2.86. The summed E-state index contributed by atoms with van der Waals surface area (Å²) < 4.78 is 6.31. The molecule has 1 rings (SSSR count). The van der Waals surface area contributed by atoms with E-state index in [1.54, 1.807) is 13.8 Å². The molecule has 0 unspecified atom stereocenters. The maximum Gasteiger partial charge on any atom is 0.164 e. The average molecular weight is 323 g/mol. The van der Waals surface area contributed by atoms with Gasteiger partial charge in [0, 0.05) is 5.54 Å². The minimum atomic E-state index is -0.771. The Bertz CT molecular complexity index is 326. The Labute approximate surface area is 104 Å². The van der Waals surface area contributed by atoms with E-state index in [9.17, 15) is 5.11 Å². The molecule has 3 nitrogen and oxygen atoms in total. The second-order valence-corrected chi connectivity index (χ2v) is 5.81. The van der Waals surface area contributed by atoms with Gasteiger partial charge in [0.15, 0.2) is 3.77 Å². The van der Waals surface area contributed by atoms with Gasteiger partial charge in [0.25, 0.3) is 0 Å². The summed E-state index contributed by atoms with van der Waals surface area (Å²) in [6.07, 6.45) is 0. The molecule has 0 amide bonds. The molecule has 1 heterocycles. The molecule has 0 aliphatic rings. The van der Waals surface area contributed by atoms with E-state index in [0.29, 0.717) is 6.54 Å². The zero-order valence-electron chi connectivity index (χ0n) is 9.60. The van der Waals surface area contributed by atoms with Crippen LogP contribution < -0.4 is 5.32 Å². The molecule has 4 heteroatoms. The average Bonchev–Trinajstić information content (AvgIpc) is 2.46. The van der Waals surface area contributed by atoms with Crippen molar-refractivity contribution in [3.05, 3.63) is 21.7 Å². The summed E-state index contributed by atoms with van der Waals surface area (Å²) in [7, 11) is 0. The zero-order chi connectivity index (χ0) is 11.7. The van der Waals surface area contributed by atoms with E-state index in [4.69, 9.17) is 4.42 Å². The Morgan fingerprint density at radius 3 is 2.33 bits per heavy atom. The van der Waals surface area contributed by atoms with Crippen molar-refractivity contribution in [3.8, 4) is 0 Å². The molecule has 0 aliphatic carbocycles. The first-order valence-corrected chi connectivity index (χ1v) is 6.02. The van der Waals surface area contributed by atoms with Crippen molar-refractivity contribution < 1.29 is 9.52 Å². The lowest BCUT2D eigenvalue weighted by Crippen LogP contribution is -2.55. The second kappa shape index (κ2) is 4.43. The normalized spacial score (nSPS) is 13.2. The summed E-state index contributed by atoms with van der Waals surface area (Å²) in [6, 6.07) is 3.86. The molecule has 0 atom stereocenters. The van der Waals surface area contributed by atoms with Crippen LogP contribution in [0, 0.1) is 3.77 Å². The summed E-state index contributed by atoms with van der Waals surface area (Å²) in [5.74, 6) is 0.886. The molecule has 0 saturated carbocycles. The van der Waals surface area contributed by atoms with Gasteiger partial charge in [-0.2, -0.15) is 0 Å². The van der Waals surface area contributed by atoms with Crippen LogP contribution >= 0.6 is 22.6 Å². The Hall–Kier alpha value is -0.0700. The maximum absolute atomic E-state index is 9.93. The van der Waals surface area contributed by atoms with Crippen molar-refractivity contribution in [1.82, 2.24) is 5.32 Å². The molecular weight excluding hydrogens is 305 g/mol. The van der Waals surface area contributed by atoms with Gasteiger partial charge in [-0.25, -0.2) is 0 Å². The van der Waals surface area contributed by atoms with Gasteiger partial charge in [0.2, 0.25) is 0 Å². The lowest BCUT2D eigenvalue weighted by atomic mass is 9.86. The molecular formula is C11H18INO2. The monoisotopic (exact) mass is 323 g/mol. The molecule has 86 valence electrons. The second-order valence-electron chi connectivity index (χ2n) is 4.74. The summed E-state index contributed by atoms with van der Waals surface area (Å²) in [5.41, 5.74) is -1.13. The van der Waals surface area contributed by atoms with Crippen molar-refractivity contribution >= 4 is 22.6 Å². The van der Waals surface area contributed by atoms with E-state index in [1.807, 2.05) is 26.0 Å². The number of aliphatic hydroxyl groups is 1. The van der Waals surface area contributed by atoms with Crippen LogP contribution in [0.5, 0.6) is 0 Å². The van der Waals surface area contributed by atoms with Crippen molar-refractivity contribution in [3.63, 3.8) is 0 Å². The molecule has 0 aliphatic heterocycles. The molecule has 1 aromatic rings. The van der Waals surface area contributed by atoms with E-state index in [1.165, 1.54) is 0 Å². The highest BCUT2D eigenvalue weighted by Crippen LogP contribution is 2.21. The van der Waals surface area contributed by atoms with Crippen LogP contribution in [0.2, 0.25) is 0 Å². The van der Waals surface area contributed by atoms with Crippen LogP contribution in [0.15, 0.2) is 16.5 Å². The van der Waals surface area contributed by atoms with Gasteiger partial charge in [-0.1, -0.05) is 0 Å². The first kappa shape index (κ1) is 13.0. The van der Waals surface area contributed by atoms with Gasteiger partial charge in [-0.05, 0) is 62.4 Å². The third kappa shape index (κ3) is 3.46. The number of rotatable bonds is 4. The minimum absolute atomic E-state index is 0.356. The Morgan fingerprint density at radius 2 is 1.93 bits per heavy atom. The molecule has 15 heavy (non-hydrogen) atoms. The van der Waals surface area contributed by atoms with Gasteiger partial charge >= 0.3 is 0 Å². The number of hydrogen-bond donors (Lipinski definition) is 2. The largest absolute Gasteiger partial charge is 0.454 e. The smallest absolute Gasteiger partial charge is 0.164 e. The van der Waals surface area contributed by atoms with Gasteiger partial charge in [0.05, 0.1) is 12.1 Å². The first-order valence-electron chi connectivity index (χ1n) is 4.94. The summed E-state index contributed by atoms with van der Waals surface area (Å²) in [6.45, 7) is 8.17. The maximum atomic E-state index is 9.93. The third-order valence-corrected chi connectivity index (χ3v) is 3.44. The van der Waals surface area contributed by atoms with Crippen molar-refractivity contribution in [2.24, 2.45) is 0 Å². The highest BCUT2D eigenvalue weighted by molar-refractivity contribution is 14.1. The highest BCUT2D eigenvalue weighted by atomic mass is 127. The Morgan fingerprint density at radius 1 is 1.33 bits per heavy atom. The Kier molecular flexibility index (Phi) is 3.84. The number of furan rings is 1. The van der Waals surface area contributed by atoms with Crippen LogP contribution in [-0.2, 0) is 6.54 Å². The predicted octanol–water partition coefficient (Wildman–Crippen LogP) is 2.52. The van der Waals surface area contributed by atoms with E-state index in [2.05, 4.69) is 27.9 Å². The van der Waals surface area contributed by atoms with Crippen molar-refractivity contribution in [2.45, 2.75) is 45.4 Å². The van der Waals surface area contributed by atoms with Crippen LogP contribution in [0.3, 0.4) is 0 Å². The van der Waals surface area contributed by atoms with Crippen molar-refractivity contribution in [2.75, 3.05) is 0 Å². The lowest BCUT2D eigenvalue weighted by Gasteiger charge is -2.38. The number of halogens is 1. The Balaban J connectivity index is 2.57. The fourth-order valence-corrected chi connectivity index (χ4v) is 1.43. The molecule has 0 saturated heterocycles. The SMILES string of the molecule is CC(C)(O)C(C)(C)NCc1ccc(I)o1. The summed E-state index contributed by atoms with van der Waals surface area (Å²) in [5, 5.41) is 13.2. The van der Waals surface area contributed by atoms with Crippen LogP contribution in [0.25, 0.3) is 0 Å². The van der Waals surface area contributed by atoms with Crippen LogP contribution in [-0.4, -0.2) is 16.2 Å². The fourth-order valence-electron chi connectivity index (χ4n) is 0.971. The number of nitrogens with one attached hydrogen (secondary N) is 1. The standard InChI is InChI=1S/C11H18INO2/c1-10(2,11(3,4)14)13-7-8-5-6-9(12)15-8/h5-6,13-14H,7H2,1-4H3. The van der Waals surface area contributed by atoms with Crippen LogP contribution in [0.1, 0.15) is 33.5 Å². The summed E-state index contributed by atoms with van der Waals surface area (Å²) in [4.78, 5) is 0. The van der Waals surface area contributed by atoms with Crippen molar-refractivity contribution in [1.29, 1.82) is 0 Å². The molecule has 0 fully saturated rings. The van der Waals surface area contributed by atoms with E-state index < -0.39 is 5.60 Å². The molecule has 0 bridgehead atoms. The topological polar surface area (TPSA) is 45.4 Å². The fraction of sp³-hybridized carbons (Fsp3) is 0.636. The molecule has 0 spiro atoms. The quantitative estimate of drug-likeness (QED) is 0.837. The zero-order valence-corrected chi connectivity index (χ0v) is 11.8. The van der Waals surface area contributed by atoms with E-state index >= 15 is 0 Å². The first-order chi connectivity index (χ1) is 6.72. The predicted molar refractivity (Wildman–Crippen MR) is 68.6 cm³/mol. The molecule has 0 radical (unpaired) electrons. The van der Waals surface area contributed by atoms with Gasteiger partial charge in [-0.3, -0.25) is 0 Å². The highest BCUT2D eigenvalue weighted by Gasteiger charge is 2.34. The van der Waals surface area contributed by atoms with Gasteiger partial charge in [0.1, 0.15) is 5.76 Å². The van der Waals surface area contributed by atoms with Crippen LogP contribution in [0.4, 0.5) is 0 Å².